The molecular weight excluding hydrogens is 286 g/mol. The minimum atomic E-state index is -0.468. The number of aryl methyl sites for hydroxylation is 1. The van der Waals surface area contributed by atoms with Crippen LogP contribution in [0.3, 0.4) is 0 Å². The normalized spacial score (nSPS) is 13.3. The number of rotatable bonds is 6. The van der Waals surface area contributed by atoms with Crippen molar-refractivity contribution in [2.24, 2.45) is 5.92 Å². The highest BCUT2D eigenvalue weighted by molar-refractivity contribution is 7.09. The second-order valence-corrected chi connectivity index (χ2v) is 7.41. The maximum atomic E-state index is 11.7. The molecule has 0 saturated heterocycles. The van der Waals surface area contributed by atoms with Gasteiger partial charge in [-0.3, -0.25) is 0 Å². The summed E-state index contributed by atoms with van der Waals surface area (Å²) in [7, 11) is 0. The Morgan fingerprint density at radius 2 is 2.10 bits per heavy atom. The van der Waals surface area contributed by atoms with Crippen molar-refractivity contribution in [3.8, 4) is 0 Å². The maximum Gasteiger partial charge on any atom is 0.407 e. The van der Waals surface area contributed by atoms with Crippen LogP contribution in [0.15, 0.2) is 5.51 Å². The van der Waals surface area contributed by atoms with E-state index in [1.54, 1.807) is 11.3 Å². The minimum absolute atomic E-state index is 0.194. The Bertz CT molecular complexity index is 452. The molecule has 0 saturated carbocycles. The van der Waals surface area contributed by atoms with Crippen molar-refractivity contribution in [2.45, 2.75) is 59.7 Å². The van der Waals surface area contributed by atoms with Gasteiger partial charge in [-0.2, -0.15) is 0 Å². The van der Waals surface area contributed by atoms with E-state index in [0.29, 0.717) is 12.5 Å². The molecule has 0 aromatic carbocycles. The minimum Gasteiger partial charge on any atom is -0.444 e. The average molecular weight is 313 g/mol. The molecule has 1 amide bonds. The first-order valence-electron chi connectivity index (χ1n) is 7.28. The quantitative estimate of drug-likeness (QED) is 0.847. The molecule has 0 aliphatic heterocycles. The number of ether oxygens (including phenoxy) is 1. The van der Waals surface area contributed by atoms with Gasteiger partial charge in [-0.1, -0.05) is 13.8 Å². The lowest BCUT2D eigenvalue weighted by Gasteiger charge is -2.24. The Morgan fingerprint density at radius 3 is 2.57 bits per heavy atom. The van der Waals surface area contributed by atoms with Crippen LogP contribution in [0.4, 0.5) is 4.79 Å². The number of hydrogen-bond acceptors (Lipinski definition) is 5. The molecule has 1 aromatic heterocycles. The fourth-order valence-electron chi connectivity index (χ4n) is 1.77. The van der Waals surface area contributed by atoms with E-state index in [2.05, 4.69) is 29.5 Å². The van der Waals surface area contributed by atoms with E-state index in [1.807, 2.05) is 33.2 Å². The Hall–Kier alpha value is -1.14. The molecule has 6 heteroatoms. The van der Waals surface area contributed by atoms with Crippen molar-refractivity contribution in [1.29, 1.82) is 0 Å². The van der Waals surface area contributed by atoms with E-state index in [1.165, 1.54) is 4.88 Å². The average Bonchev–Trinajstić information content (AvgIpc) is 2.72. The first-order valence-corrected chi connectivity index (χ1v) is 8.16. The van der Waals surface area contributed by atoms with Crippen LogP contribution in [-0.4, -0.2) is 29.3 Å². The zero-order valence-electron chi connectivity index (χ0n) is 13.8. The van der Waals surface area contributed by atoms with E-state index in [0.717, 1.165) is 12.2 Å². The fourth-order valence-corrected chi connectivity index (χ4v) is 2.50. The third kappa shape index (κ3) is 6.91. The van der Waals surface area contributed by atoms with E-state index >= 15 is 0 Å². The van der Waals surface area contributed by atoms with Gasteiger partial charge in [0.25, 0.3) is 0 Å². The van der Waals surface area contributed by atoms with Crippen LogP contribution in [0.5, 0.6) is 0 Å². The largest absolute Gasteiger partial charge is 0.444 e. The molecule has 0 aliphatic rings. The molecule has 5 nitrogen and oxygen atoms in total. The van der Waals surface area contributed by atoms with E-state index in [-0.39, 0.29) is 12.1 Å². The Kier molecular flexibility index (Phi) is 6.61. The summed E-state index contributed by atoms with van der Waals surface area (Å²) >= 11 is 1.65. The topological polar surface area (TPSA) is 63.2 Å². The molecule has 1 rings (SSSR count). The van der Waals surface area contributed by atoms with Crippen molar-refractivity contribution in [3.05, 3.63) is 16.1 Å². The summed E-state index contributed by atoms with van der Waals surface area (Å²) in [5.41, 5.74) is 2.45. The third-order valence-corrected chi connectivity index (χ3v) is 3.97. The van der Waals surface area contributed by atoms with E-state index in [4.69, 9.17) is 4.74 Å². The highest BCUT2D eigenvalue weighted by atomic mass is 32.1. The van der Waals surface area contributed by atoms with Crippen LogP contribution in [0.25, 0.3) is 0 Å². The Morgan fingerprint density at radius 1 is 1.43 bits per heavy atom. The molecule has 0 spiro atoms. The van der Waals surface area contributed by atoms with Crippen molar-refractivity contribution in [3.63, 3.8) is 0 Å². The highest BCUT2D eigenvalue weighted by Crippen LogP contribution is 2.13. The van der Waals surface area contributed by atoms with Gasteiger partial charge in [-0.05, 0) is 33.6 Å². The predicted molar refractivity (Wildman–Crippen MR) is 86.6 cm³/mol. The molecular formula is C15H27N3O2S. The van der Waals surface area contributed by atoms with Crippen LogP contribution >= 0.6 is 11.3 Å². The molecule has 0 bridgehead atoms. The van der Waals surface area contributed by atoms with Crippen LogP contribution in [0.1, 0.15) is 45.2 Å². The molecule has 0 fully saturated rings. The van der Waals surface area contributed by atoms with Gasteiger partial charge in [0, 0.05) is 24.0 Å². The van der Waals surface area contributed by atoms with Gasteiger partial charge < -0.3 is 15.4 Å². The number of thiazole rings is 1. The summed E-state index contributed by atoms with van der Waals surface area (Å²) in [6.45, 7) is 13.2. The van der Waals surface area contributed by atoms with Crippen molar-refractivity contribution < 1.29 is 9.53 Å². The summed E-state index contributed by atoms with van der Waals surface area (Å²) in [6, 6.07) is 0.194. The molecule has 120 valence electrons. The number of carbonyl (C=O) groups is 1. The van der Waals surface area contributed by atoms with Crippen molar-refractivity contribution >= 4 is 17.4 Å². The Labute approximate surface area is 131 Å². The maximum absolute atomic E-state index is 11.7. The zero-order valence-corrected chi connectivity index (χ0v) is 14.6. The fraction of sp³-hybridized carbons (Fsp3) is 0.733. The number of nitrogens with zero attached hydrogens (tertiary/aromatic N) is 1. The van der Waals surface area contributed by atoms with E-state index in [9.17, 15) is 4.79 Å². The standard InChI is InChI=1S/C15H27N3O2S/c1-10(2)12(7-17-14(19)20-15(4,5)6)16-8-13-11(3)18-9-21-13/h9-10,12,16H,7-8H2,1-6H3,(H,17,19). The number of hydrogen-bond donors (Lipinski definition) is 2. The number of nitrogens with one attached hydrogen (secondary N) is 2. The van der Waals surface area contributed by atoms with Gasteiger partial charge >= 0.3 is 6.09 Å². The van der Waals surface area contributed by atoms with Crippen molar-refractivity contribution in [2.75, 3.05) is 6.54 Å². The van der Waals surface area contributed by atoms with Gasteiger partial charge in [0.05, 0.1) is 11.2 Å². The first-order chi connectivity index (χ1) is 9.69. The molecule has 1 aromatic rings. The predicted octanol–water partition coefficient (Wildman–Crippen LogP) is 3.09. The summed E-state index contributed by atoms with van der Waals surface area (Å²) in [4.78, 5) is 17.2. The zero-order chi connectivity index (χ0) is 16.0. The second kappa shape index (κ2) is 7.75. The molecule has 1 unspecified atom stereocenters. The van der Waals surface area contributed by atoms with Crippen LogP contribution in [0.2, 0.25) is 0 Å². The lowest BCUT2D eigenvalue weighted by atomic mass is 10.0. The monoisotopic (exact) mass is 313 g/mol. The summed E-state index contributed by atoms with van der Waals surface area (Å²) < 4.78 is 5.25. The number of alkyl carbamates (subject to hydrolysis) is 1. The Balaban J connectivity index is 2.43. The lowest BCUT2D eigenvalue weighted by Crippen LogP contribution is -2.45. The molecule has 21 heavy (non-hydrogen) atoms. The summed E-state index contributed by atoms with van der Waals surface area (Å²) in [5, 5.41) is 6.31. The van der Waals surface area contributed by atoms with Crippen LogP contribution < -0.4 is 10.6 Å². The van der Waals surface area contributed by atoms with Crippen LogP contribution in [0, 0.1) is 12.8 Å². The second-order valence-electron chi connectivity index (χ2n) is 6.48. The highest BCUT2D eigenvalue weighted by Gasteiger charge is 2.19. The van der Waals surface area contributed by atoms with Gasteiger partial charge in [-0.25, -0.2) is 9.78 Å². The third-order valence-electron chi connectivity index (χ3n) is 3.04. The van der Waals surface area contributed by atoms with Crippen LogP contribution in [-0.2, 0) is 11.3 Å². The lowest BCUT2D eigenvalue weighted by molar-refractivity contribution is 0.0519. The molecule has 1 heterocycles. The van der Waals surface area contributed by atoms with Gasteiger partial charge in [-0.15, -0.1) is 11.3 Å². The van der Waals surface area contributed by atoms with Gasteiger partial charge in [0.15, 0.2) is 0 Å². The van der Waals surface area contributed by atoms with Gasteiger partial charge in [0.1, 0.15) is 5.60 Å². The molecule has 0 radical (unpaired) electrons. The van der Waals surface area contributed by atoms with Crippen molar-refractivity contribution in [1.82, 2.24) is 15.6 Å². The molecule has 1 atom stereocenters. The smallest absolute Gasteiger partial charge is 0.407 e. The number of carbonyl (C=O) groups excluding carboxylic acids is 1. The summed E-state index contributed by atoms with van der Waals surface area (Å²) in [5.74, 6) is 0.410. The molecule has 0 aliphatic carbocycles. The molecule has 2 N–H and O–H groups in total. The first kappa shape index (κ1) is 17.9. The van der Waals surface area contributed by atoms with Gasteiger partial charge in [0.2, 0.25) is 0 Å². The number of aromatic nitrogens is 1. The SMILES string of the molecule is Cc1ncsc1CNC(CNC(=O)OC(C)(C)C)C(C)C. The van der Waals surface area contributed by atoms with E-state index < -0.39 is 5.60 Å². The number of amides is 1. The summed E-state index contributed by atoms with van der Waals surface area (Å²) in [6.07, 6.45) is -0.371.